The Morgan fingerprint density at radius 3 is 2.77 bits per heavy atom. The number of anilines is 1. The Labute approximate surface area is 78.6 Å². The van der Waals surface area contributed by atoms with E-state index in [1.165, 1.54) is 6.42 Å². The van der Waals surface area contributed by atoms with E-state index in [2.05, 4.69) is 22.2 Å². The molecule has 1 aliphatic rings. The summed E-state index contributed by atoms with van der Waals surface area (Å²) in [4.78, 5) is 8.67. The lowest BCUT2D eigenvalue weighted by Gasteiger charge is -2.07. The second-order valence-electron chi connectivity index (χ2n) is 3.91. The van der Waals surface area contributed by atoms with Gasteiger partial charge in [0.1, 0.15) is 5.82 Å². The van der Waals surface area contributed by atoms with Gasteiger partial charge in [0.2, 0.25) is 0 Å². The first-order valence-corrected chi connectivity index (χ1v) is 4.73. The minimum absolute atomic E-state index is 0.620. The first-order chi connectivity index (χ1) is 6.16. The van der Waals surface area contributed by atoms with Crippen molar-refractivity contribution < 1.29 is 0 Å². The number of nitrogens with zero attached hydrogens (tertiary/aromatic N) is 2. The van der Waals surface area contributed by atoms with Crippen LogP contribution in [0.2, 0.25) is 0 Å². The highest BCUT2D eigenvalue weighted by atomic mass is 15.1. The Morgan fingerprint density at radius 1 is 1.46 bits per heavy atom. The predicted molar refractivity (Wildman–Crippen MR) is 52.7 cm³/mol. The van der Waals surface area contributed by atoms with Gasteiger partial charge < -0.3 is 5.32 Å². The molecule has 0 bridgehead atoms. The zero-order valence-corrected chi connectivity index (χ0v) is 8.33. The highest BCUT2D eigenvalue weighted by Crippen LogP contribution is 2.32. The van der Waals surface area contributed by atoms with Gasteiger partial charge in [0.05, 0.1) is 11.4 Å². The summed E-state index contributed by atoms with van der Waals surface area (Å²) in [5, 5.41) is 3.40. The van der Waals surface area contributed by atoms with Gasteiger partial charge in [0.15, 0.2) is 0 Å². The van der Waals surface area contributed by atoms with Crippen LogP contribution in [0, 0.1) is 19.8 Å². The van der Waals surface area contributed by atoms with Gasteiger partial charge in [-0.15, -0.1) is 0 Å². The van der Waals surface area contributed by atoms with Crippen LogP contribution in [0.15, 0.2) is 6.20 Å². The Balaban J connectivity index is 2.14. The van der Waals surface area contributed by atoms with Crippen LogP contribution in [0.3, 0.4) is 0 Å². The Hall–Kier alpha value is -1.12. The van der Waals surface area contributed by atoms with Crippen molar-refractivity contribution in [1.29, 1.82) is 0 Å². The second-order valence-corrected chi connectivity index (χ2v) is 3.91. The normalized spacial score (nSPS) is 25.8. The molecule has 1 heterocycles. The van der Waals surface area contributed by atoms with Crippen molar-refractivity contribution in [3.8, 4) is 0 Å². The van der Waals surface area contributed by atoms with E-state index in [1.807, 2.05) is 13.8 Å². The van der Waals surface area contributed by atoms with E-state index in [9.17, 15) is 0 Å². The molecular formula is C10H15N3. The smallest absolute Gasteiger partial charge is 0.147 e. The van der Waals surface area contributed by atoms with Crippen molar-refractivity contribution >= 4 is 5.82 Å². The maximum absolute atomic E-state index is 4.41. The topological polar surface area (TPSA) is 37.8 Å². The molecule has 13 heavy (non-hydrogen) atoms. The van der Waals surface area contributed by atoms with E-state index in [1.54, 1.807) is 6.20 Å². The van der Waals surface area contributed by atoms with E-state index < -0.39 is 0 Å². The lowest BCUT2D eigenvalue weighted by molar-refractivity contribution is 0.913. The van der Waals surface area contributed by atoms with E-state index in [4.69, 9.17) is 0 Å². The fraction of sp³-hybridized carbons (Fsp3) is 0.600. The summed E-state index contributed by atoms with van der Waals surface area (Å²) in [6, 6.07) is 0.620. The van der Waals surface area contributed by atoms with Crippen LogP contribution in [0.4, 0.5) is 5.82 Å². The number of aromatic nitrogens is 2. The number of nitrogens with one attached hydrogen (secondary N) is 1. The van der Waals surface area contributed by atoms with Gasteiger partial charge in [-0.05, 0) is 26.2 Å². The van der Waals surface area contributed by atoms with Crippen molar-refractivity contribution in [3.63, 3.8) is 0 Å². The molecule has 2 atom stereocenters. The quantitative estimate of drug-likeness (QED) is 0.750. The molecule has 3 nitrogen and oxygen atoms in total. The highest BCUT2D eigenvalue weighted by Gasteiger charge is 2.32. The molecule has 2 rings (SSSR count). The third-order valence-corrected chi connectivity index (χ3v) is 2.51. The maximum atomic E-state index is 4.41. The average molecular weight is 177 g/mol. The van der Waals surface area contributed by atoms with Crippen LogP contribution in [-0.2, 0) is 0 Å². The van der Waals surface area contributed by atoms with Crippen LogP contribution < -0.4 is 5.32 Å². The molecule has 1 saturated carbocycles. The Morgan fingerprint density at radius 2 is 2.15 bits per heavy atom. The Bertz CT molecular complexity index is 322. The first kappa shape index (κ1) is 8.48. The van der Waals surface area contributed by atoms with Crippen molar-refractivity contribution in [2.24, 2.45) is 5.92 Å². The third kappa shape index (κ3) is 1.79. The standard InChI is InChI=1S/C10H15N3/c1-6-4-9(6)13-10-8(3)11-5-7(2)12-10/h5-6,9H,4H2,1-3H3,(H,12,13). The number of hydrogen-bond acceptors (Lipinski definition) is 3. The molecule has 0 saturated heterocycles. The summed E-state index contributed by atoms with van der Waals surface area (Å²) in [5.74, 6) is 1.75. The first-order valence-electron chi connectivity index (χ1n) is 4.73. The third-order valence-electron chi connectivity index (χ3n) is 2.51. The maximum Gasteiger partial charge on any atom is 0.147 e. The lowest BCUT2D eigenvalue weighted by atomic mass is 10.4. The monoisotopic (exact) mass is 177 g/mol. The number of aryl methyl sites for hydroxylation is 2. The van der Waals surface area contributed by atoms with E-state index in [-0.39, 0.29) is 0 Å². The number of rotatable bonds is 2. The minimum Gasteiger partial charge on any atom is -0.366 e. The van der Waals surface area contributed by atoms with Crippen LogP contribution in [0.25, 0.3) is 0 Å². The van der Waals surface area contributed by atoms with Gasteiger partial charge in [-0.1, -0.05) is 6.92 Å². The van der Waals surface area contributed by atoms with Crippen molar-refractivity contribution in [2.45, 2.75) is 33.2 Å². The van der Waals surface area contributed by atoms with E-state index in [0.29, 0.717) is 6.04 Å². The van der Waals surface area contributed by atoms with E-state index in [0.717, 1.165) is 23.1 Å². The zero-order valence-electron chi connectivity index (χ0n) is 8.33. The van der Waals surface area contributed by atoms with Gasteiger partial charge in [-0.3, -0.25) is 4.98 Å². The lowest BCUT2D eigenvalue weighted by Crippen LogP contribution is -2.08. The predicted octanol–water partition coefficient (Wildman–Crippen LogP) is 1.91. The molecule has 1 aliphatic carbocycles. The molecule has 0 radical (unpaired) electrons. The summed E-state index contributed by atoms with van der Waals surface area (Å²) in [7, 11) is 0. The molecule has 1 fully saturated rings. The van der Waals surface area contributed by atoms with Crippen molar-refractivity contribution in [3.05, 3.63) is 17.6 Å². The van der Waals surface area contributed by atoms with Crippen molar-refractivity contribution in [2.75, 3.05) is 5.32 Å². The van der Waals surface area contributed by atoms with Gasteiger partial charge in [0.25, 0.3) is 0 Å². The molecule has 1 N–H and O–H groups in total. The minimum atomic E-state index is 0.620. The van der Waals surface area contributed by atoms with Crippen LogP contribution >= 0.6 is 0 Å². The Kier molecular flexibility index (Phi) is 1.94. The van der Waals surface area contributed by atoms with Crippen LogP contribution in [0.1, 0.15) is 24.7 Å². The molecule has 3 heteroatoms. The summed E-state index contributed by atoms with van der Waals surface area (Å²) >= 11 is 0. The SMILES string of the molecule is Cc1cnc(C)c(NC2CC2C)n1. The summed E-state index contributed by atoms with van der Waals surface area (Å²) in [6.45, 7) is 6.20. The van der Waals surface area contributed by atoms with Gasteiger partial charge in [0, 0.05) is 12.2 Å². The summed E-state index contributed by atoms with van der Waals surface area (Å²) < 4.78 is 0. The zero-order chi connectivity index (χ0) is 9.42. The van der Waals surface area contributed by atoms with Crippen molar-refractivity contribution in [1.82, 2.24) is 9.97 Å². The molecule has 0 aliphatic heterocycles. The van der Waals surface area contributed by atoms with E-state index >= 15 is 0 Å². The van der Waals surface area contributed by atoms with Gasteiger partial charge in [-0.25, -0.2) is 4.98 Å². The van der Waals surface area contributed by atoms with Gasteiger partial charge in [-0.2, -0.15) is 0 Å². The highest BCUT2D eigenvalue weighted by molar-refractivity contribution is 5.42. The molecule has 2 unspecified atom stereocenters. The molecule has 1 aromatic heterocycles. The largest absolute Gasteiger partial charge is 0.366 e. The second kappa shape index (κ2) is 2.98. The molecule has 70 valence electrons. The molecule has 0 spiro atoms. The summed E-state index contributed by atoms with van der Waals surface area (Å²) in [5.41, 5.74) is 1.96. The number of hydrogen-bond donors (Lipinski definition) is 1. The molecule has 0 amide bonds. The fourth-order valence-corrected chi connectivity index (χ4v) is 1.37. The van der Waals surface area contributed by atoms with Gasteiger partial charge >= 0.3 is 0 Å². The summed E-state index contributed by atoms with van der Waals surface area (Å²) in [6.07, 6.45) is 3.06. The molecule has 0 aromatic carbocycles. The van der Waals surface area contributed by atoms with Crippen LogP contribution in [0.5, 0.6) is 0 Å². The molecule has 1 aromatic rings. The average Bonchev–Trinajstić information content (AvgIpc) is 2.75. The fourth-order valence-electron chi connectivity index (χ4n) is 1.37. The van der Waals surface area contributed by atoms with Crippen LogP contribution in [-0.4, -0.2) is 16.0 Å². The molecular weight excluding hydrogens is 162 g/mol.